The maximum atomic E-state index is 13.3. The third-order valence-corrected chi connectivity index (χ3v) is 4.55. The summed E-state index contributed by atoms with van der Waals surface area (Å²) >= 11 is 0. The second-order valence-corrected chi connectivity index (χ2v) is 6.40. The molecular formula is C22H16FN3O4. The number of halogens is 1. The van der Waals surface area contributed by atoms with Gasteiger partial charge in [0.2, 0.25) is 0 Å². The number of amides is 1. The molecule has 0 radical (unpaired) electrons. The normalized spacial score (nSPS) is 10.7. The van der Waals surface area contributed by atoms with Crippen molar-refractivity contribution in [3.8, 4) is 17.2 Å². The van der Waals surface area contributed by atoms with Crippen LogP contribution in [0.15, 0.2) is 71.7 Å². The predicted molar refractivity (Wildman–Crippen MR) is 110 cm³/mol. The molecule has 2 aromatic heterocycles. The lowest BCUT2D eigenvalue weighted by Gasteiger charge is -2.15. The molecule has 30 heavy (non-hydrogen) atoms. The number of aromatic hydroxyl groups is 1. The van der Waals surface area contributed by atoms with Gasteiger partial charge in [0.15, 0.2) is 5.65 Å². The first-order valence-electron chi connectivity index (χ1n) is 8.93. The summed E-state index contributed by atoms with van der Waals surface area (Å²) in [5.74, 6) is -1.27. The van der Waals surface area contributed by atoms with Crippen molar-refractivity contribution in [2.75, 3.05) is 12.4 Å². The van der Waals surface area contributed by atoms with Crippen LogP contribution in [-0.4, -0.2) is 27.7 Å². The molecule has 1 amide bonds. The van der Waals surface area contributed by atoms with Gasteiger partial charge in [0.25, 0.3) is 11.5 Å². The molecule has 2 aromatic carbocycles. The van der Waals surface area contributed by atoms with Crippen molar-refractivity contribution < 1.29 is 19.0 Å². The highest BCUT2D eigenvalue weighted by atomic mass is 19.1. The molecule has 150 valence electrons. The Morgan fingerprint density at radius 2 is 1.90 bits per heavy atom. The smallest absolute Gasteiger partial charge is 0.273 e. The van der Waals surface area contributed by atoms with Crippen molar-refractivity contribution in [2.45, 2.75) is 0 Å². The molecule has 0 spiro atoms. The van der Waals surface area contributed by atoms with Gasteiger partial charge in [0, 0.05) is 18.0 Å². The van der Waals surface area contributed by atoms with Gasteiger partial charge < -0.3 is 15.2 Å². The molecule has 8 heteroatoms. The molecule has 4 rings (SSSR count). The van der Waals surface area contributed by atoms with Gasteiger partial charge in [-0.25, -0.2) is 9.37 Å². The standard InChI is InChI=1S/C22H16FN3O4/c1-30-16-5-2-4-15(12-16)26-20-17(6-3-11-24-20)19(27)18(22(26)29)21(28)25-14-9-7-13(23)8-10-14/h2-12,27H,1H3,(H,25,28). The maximum Gasteiger partial charge on any atom is 0.273 e. The summed E-state index contributed by atoms with van der Waals surface area (Å²) < 4.78 is 19.6. The van der Waals surface area contributed by atoms with Crippen molar-refractivity contribution in [2.24, 2.45) is 0 Å². The second-order valence-electron chi connectivity index (χ2n) is 6.40. The first-order chi connectivity index (χ1) is 14.5. The summed E-state index contributed by atoms with van der Waals surface area (Å²) in [4.78, 5) is 30.4. The fraction of sp³-hybridized carbons (Fsp3) is 0.0455. The monoisotopic (exact) mass is 405 g/mol. The molecular weight excluding hydrogens is 389 g/mol. The minimum atomic E-state index is -0.827. The van der Waals surface area contributed by atoms with Crippen LogP contribution in [-0.2, 0) is 0 Å². The van der Waals surface area contributed by atoms with Gasteiger partial charge in [-0.3, -0.25) is 14.2 Å². The van der Waals surface area contributed by atoms with Gasteiger partial charge in [0.05, 0.1) is 18.2 Å². The first-order valence-corrected chi connectivity index (χ1v) is 8.93. The maximum absolute atomic E-state index is 13.3. The molecule has 2 heterocycles. The lowest BCUT2D eigenvalue weighted by molar-refractivity contribution is 0.102. The zero-order valence-corrected chi connectivity index (χ0v) is 15.8. The molecule has 0 aliphatic carbocycles. The van der Waals surface area contributed by atoms with E-state index in [1.165, 1.54) is 42.1 Å². The Morgan fingerprint density at radius 1 is 1.13 bits per heavy atom. The lowest BCUT2D eigenvalue weighted by Crippen LogP contribution is -2.29. The number of anilines is 1. The Balaban J connectivity index is 1.93. The van der Waals surface area contributed by atoms with E-state index in [9.17, 15) is 19.1 Å². The SMILES string of the molecule is COc1cccc(-n2c(=O)c(C(=O)Nc3ccc(F)cc3)c(O)c3cccnc32)c1. The van der Waals surface area contributed by atoms with E-state index in [1.54, 1.807) is 36.4 Å². The number of hydrogen-bond acceptors (Lipinski definition) is 5. The second kappa shape index (κ2) is 7.67. The van der Waals surface area contributed by atoms with Gasteiger partial charge in [-0.2, -0.15) is 0 Å². The predicted octanol–water partition coefficient (Wildman–Crippen LogP) is 3.49. The van der Waals surface area contributed by atoms with Gasteiger partial charge in [-0.15, -0.1) is 0 Å². The average molecular weight is 405 g/mol. The van der Waals surface area contributed by atoms with Crippen LogP contribution in [0, 0.1) is 5.82 Å². The molecule has 0 aliphatic rings. The summed E-state index contributed by atoms with van der Waals surface area (Å²) in [5, 5.41) is 13.4. The van der Waals surface area contributed by atoms with E-state index in [0.717, 1.165) is 0 Å². The molecule has 0 fully saturated rings. The quantitative estimate of drug-likeness (QED) is 0.542. The molecule has 0 atom stereocenters. The van der Waals surface area contributed by atoms with Gasteiger partial charge in [0.1, 0.15) is 22.9 Å². The Labute approximate surface area is 170 Å². The van der Waals surface area contributed by atoms with Crippen LogP contribution >= 0.6 is 0 Å². The van der Waals surface area contributed by atoms with Crippen LogP contribution in [0.5, 0.6) is 11.5 Å². The van der Waals surface area contributed by atoms with Crippen molar-refractivity contribution >= 4 is 22.6 Å². The number of carbonyl (C=O) groups excluding carboxylic acids is 1. The number of benzene rings is 2. The fourth-order valence-corrected chi connectivity index (χ4v) is 3.12. The molecule has 0 aliphatic heterocycles. The summed E-state index contributed by atoms with van der Waals surface area (Å²) in [7, 11) is 1.50. The Hall–Kier alpha value is -4.20. The highest BCUT2D eigenvalue weighted by Crippen LogP contribution is 2.28. The minimum Gasteiger partial charge on any atom is -0.506 e. The summed E-state index contributed by atoms with van der Waals surface area (Å²) in [6, 6.07) is 14.9. The number of nitrogens with one attached hydrogen (secondary N) is 1. The zero-order chi connectivity index (χ0) is 21.3. The Morgan fingerprint density at radius 3 is 2.63 bits per heavy atom. The number of pyridine rings is 2. The zero-order valence-electron chi connectivity index (χ0n) is 15.8. The van der Waals surface area contributed by atoms with Crippen molar-refractivity contribution in [3.63, 3.8) is 0 Å². The van der Waals surface area contributed by atoms with E-state index < -0.39 is 28.6 Å². The van der Waals surface area contributed by atoms with Gasteiger partial charge >= 0.3 is 0 Å². The Kier molecular flexibility index (Phi) is 4.89. The molecule has 0 saturated carbocycles. The van der Waals surface area contributed by atoms with E-state index >= 15 is 0 Å². The number of hydrogen-bond donors (Lipinski definition) is 2. The number of aromatic nitrogens is 2. The fourth-order valence-electron chi connectivity index (χ4n) is 3.12. The number of nitrogens with zero attached hydrogens (tertiary/aromatic N) is 2. The number of ether oxygens (including phenoxy) is 1. The third kappa shape index (κ3) is 3.35. The van der Waals surface area contributed by atoms with E-state index in [0.29, 0.717) is 11.4 Å². The van der Waals surface area contributed by atoms with Crippen LogP contribution in [0.2, 0.25) is 0 Å². The summed E-state index contributed by atoms with van der Waals surface area (Å²) in [6.07, 6.45) is 1.48. The lowest BCUT2D eigenvalue weighted by atomic mass is 10.1. The van der Waals surface area contributed by atoms with E-state index in [4.69, 9.17) is 4.74 Å². The van der Waals surface area contributed by atoms with Crippen molar-refractivity contribution in [3.05, 3.63) is 88.6 Å². The average Bonchev–Trinajstić information content (AvgIpc) is 2.76. The molecule has 7 nitrogen and oxygen atoms in total. The molecule has 0 unspecified atom stereocenters. The molecule has 2 N–H and O–H groups in total. The first kappa shape index (κ1) is 19.1. The highest BCUT2D eigenvalue weighted by molar-refractivity contribution is 6.09. The molecule has 4 aromatic rings. The van der Waals surface area contributed by atoms with Gasteiger partial charge in [-0.1, -0.05) is 6.07 Å². The van der Waals surface area contributed by atoms with Gasteiger partial charge in [-0.05, 0) is 48.5 Å². The van der Waals surface area contributed by atoms with E-state index in [-0.39, 0.29) is 16.7 Å². The number of methoxy groups -OCH3 is 1. The largest absolute Gasteiger partial charge is 0.506 e. The van der Waals surface area contributed by atoms with E-state index in [1.807, 2.05) is 0 Å². The van der Waals surface area contributed by atoms with E-state index in [2.05, 4.69) is 10.3 Å². The topological polar surface area (TPSA) is 93.5 Å². The van der Waals surface area contributed by atoms with Crippen LogP contribution in [0.3, 0.4) is 0 Å². The Bertz CT molecular complexity index is 1320. The summed E-state index contributed by atoms with van der Waals surface area (Å²) in [6.45, 7) is 0. The number of carbonyl (C=O) groups is 1. The highest BCUT2D eigenvalue weighted by Gasteiger charge is 2.24. The van der Waals surface area contributed by atoms with Crippen molar-refractivity contribution in [1.29, 1.82) is 0 Å². The third-order valence-electron chi connectivity index (χ3n) is 4.55. The van der Waals surface area contributed by atoms with Crippen LogP contribution in [0.25, 0.3) is 16.7 Å². The number of rotatable bonds is 4. The molecule has 0 saturated heterocycles. The van der Waals surface area contributed by atoms with Crippen LogP contribution < -0.4 is 15.6 Å². The van der Waals surface area contributed by atoms with Crippen molar-refractivity contribution in [1.82, 2.24) is 9.55 Å². The molecule has 0 bridgehead atoms. The van der Waals surface area contributed by atoms with Crippen LogP contribution in [0.1, 0.15) is 10.4 Å². The van der Waals surface area contributed by atoms with Crippen LogP contribution in [0.4, 0.5) is 10.1 Å². The number of fused-ring (bicyclic) bond motifs is 1. The minimum absolute atomic E-state index is 0.187. The summed E-state index contributed by atoms with van der Waals surface area (Å²) in [5.41, 5.74) is -0.334.